The van der Waals surface area contributed by atoms with Gasteiger partial charge in [0.2, 0.25) is 11.8 Å². The number of carbonyl (C=O) groups is 2. The molecule has 0 radical (unpaired) electrons. The Labute approximate surface area is 273 Å². The first-order valence-electron chi connectivity index (χ1n) is 16.4. The van der Waals surface area contributed by atoms with Crippen LogP contribution in [0.15, 0.2) is 84.9 Å². The number of rotatable bonds is 12. The standard InChI is InChI=1S/C40H46N2O4/c1-28-8-14-34(15-9-28)45-24-20-38(43)41-36-18-12-32(26-30(36)3)40(22-6-5-7-23-40)33-13-19-37(31(4)27-33)42-39(44)21-25-46-35-16-10-29(2)11-17-35/h8-19,26-27H,5-7,20-25H2,1-4H3,(H,41,43)(H,42,44). The van der Waals surface area contributed by atoms with Crippen LogP contribution in [-0.2, 0) is 15.0 Å². The molecule has 46 heavy (non-hydrogen) atoms. The highest BCUT2D eigenvalue weighted by molar-refractivity contribution is 5.92. The van der Waals surface area contributed by atoms with E-state index in [2.05, 4.69) is 48.7 Å². The molecule has 2 N–H and O–H groups in total. The number of ether oxygens (including phenoxy) is 2. The third-order valence-electron chi connectivity index (χ3n) is 9.05. The molecule has 2 amide bonds. The maximum Gasteiger partial charge on any atom is 0.227 e. The molecule has 0 aliphatic heterocycles. The summed E-state index contributed by atoms with van der Waals surface area (Å²) in [5, 5.41) is 6.16. The zero-order valence-corrected chi connectivity index (χ0v) is 27.6. The van der Waals surface area contributed by atoms with E-state index < -0.39 is 0 Å². The fraction of sp³-hybridized carbons (Fsp3) is 0.350. The number of benzene rings is 4. The van der Waals surface area contributed by atoms with E-state index in [9.17, 15) is 9.59 Å². The van der Waals surface area contributed by atoms with Gasteiger partial charge in [-0.25, -0.2) is 0 Å². The molecule has 0 aromatic heterocycles. The van der Waals surface area contributed by atoms with Gasteiger partial charge in [0, 0.05) is 16.8 Å². The monoisotopic (exact) mass is 618 g/mol. The number of amides is 2. The molecular weight excluding hydrogens is 572 g/mol. The molecular formula is C40H46N2O4. The Morgan fingerprint density at radius 3 is 1.39 bits per heavy atom. The van der Waals surface area contributed by atoms with Crippen molar-refractivity contribution in [2.75, 3.05) is 23.8 Å². The molecule has 1 fully saturated rings. The van der Waals surface area contributed by atoms with Crippen LogP contribution in [0.4, 0.5) is 11.4 Å². The van der Waals surface area contributed by atoms with Crippen LogP contribution in [0.5, 0.6) is 11.5 Å². The topological polar surface area (TPSA) is 76.7 Å². The number of hydrogen-bond acceptors (Lipinski definition) is 4. The van der Waals surface area contributed by atoms with Gasteiger partial charge in [-0.1, -0.05) is 78.9 Å². The fourth-order valence-electron chi connectivity index (χ4n) is 6.32. The maximum atomic E-state index is 12.7. The van der Waals surface area contributed by atoms with E-state index in [4.69, 9.17) is 9.47 Å². The van der Waals surface area contributed by atoms with E-state index in [1.54, 1.807) is 0 Å². The van der Waals surface area contributed by atoms with Crippen LogP contribution in [0.3, 0.4) is 0 Å². The van der Waals surface area contributed by atoms with Crippen molar-refractivity contribution in [1.29, 1.82) is 0 Å². The lowest BCUT2D eigenvalue weighted by Gasteiger charge is -2.39. The summed E-state index contributed by atoms with van der Waals surface area (Å²) >= 11 is 0. The average Bonchev–Trinajstić information content (AvgIpc) is 3.05. The predicted molar refractivity (Wildman–Crippen MR) is 186 cm³/mol. The molecule has 0 unspecified atom stereocenters. The zero-order chi connectivity index (χ0) is 32.5. The van der Waals surface area contributed by atoms with Crippen molar-refractivity contribution in [2.24, 2.45) is 0 Å². The lowest BCUT2D eigenvalue weighted by Crippen LogP contribution is -2.31. The highest BCUT2D eigenvalue weighted by Crippen LogP contribution is 2.46. The highest BCUT2D eigenvalue weighted by Gasteiger charge is 2.36. The molecule has 0 bridgehead atoms. The Morgan fingerprint density at radius 1 is 0.587 bits per heavy atom. The van der Waals surface area contributed by atoms with Crippen molar-refractivity contribution < 1.29 is 19.1 Å². The summed E-state index contributed by atoms with van der Waals surface area (Å²) < 4.78 is 11.5. The molecule has 5 rings (SSSR count). The van der Waals surface area contributed by atoms with E-state index in [1.807, 2.05) is 74.5 Å². The van der Waals surface area contributed by atoms with Crippen LogP contribution in [0.1, 0.15) is 78.3 Å². The van der Waals surface area contributed by atoms with E-state index in [-0.39, 0.29) is 30.1 Å². The zero-order valence-electron chi connectivity index (χ0n) is 27.6. The van der Waals surface area contributed by atoms with Crippen LogP contribution >= 0.6 is 0 Å². The Morgan fingerprint density at radius 2 is 1.00 bits per heavy atom. The minimum absolute atomic E-state index is 0.0645. The molecule has 1 aliphatic rings. The number of carbonyl (C=O) groups excluding carboxylic acids is 2. The Balaban J connectivity index is 1.22. The lowest BCUT2D eigenvalue weighted by atomic mass is 9.65. The second-order valence-electron chi connectivity index (χ2n) is 12.6. The second kappa shape index (κ2) is 15.1. The fourth-order valence-corrected chi connectivity index (χ4v) is 6.32. The van der Waals surface area contributed by atoms with Crippen LogP contribution in [0.2, 0.25) is 0 Å². The largest absolute Gasteiger partial charge is 0.493 e. The van der Waals surface area contributed by atoms with Crippen LogP contribution in [0.25, 0.3) is 0 Å². The lowest BCUT2D eigenvalue weighted by molar-refractivity contribution is -0.117. The van der Waals surface area contributed by atoms with Gasteiger partial charge in [0.15, 0.2) is 0 Å². The van der Waals surface area contributed by atoms with E-state index in [0.29, 0.717) is 13.2 Å². The summed E-state index contributed by atoms with van der Waals surface area (Å²) in [7, 11) is 0. The molecule has 1 saturated carbocycles. The van der Waals surface area contributed by atoms with Gasteiger partial charge in [0.25, 0.3) is 0 Å². The van der Waals surface area contributed by atoms with Crippen LogP contribution < -0.4 is 20.1 Å². The Hall–Kier alpha value is -4.58. The third kappa shape index (κ3) is 8.36. The minimum Gasteiger partial charge on any atom is -0.493 e. The summed E-state index contributed by atoms with van der Waals surface area (Å²) in [5.41, 5.74) is 8.53. The van der Waals surface area contributed by atoms with Crippen molar-refractivity contribution in [1.82, 2.24) is 0 Å². The number of hydrogen-bond donors (Lipinski definition) is 2. The summed E-state index contributed by atoms with van der Waals surface area (Å²) in [6, 6.07) is 28.6. The van der Waals surface area contributed by atoms with E-state index in [0.717, 1.165) is 59.7 Å². The first kappa shape index (κ1) is 32.8. The first-order valence-corrected chi connectivity index (χ1v) is 16.4. The normalized spacial score (nSPS) is 13.9. The van der Waals surface area contributed by atoms with Crippen molar-refractivity contribution >= 4 is 23.2 Å². The highest BCUT2D eigenvalue weighted by atomic mass is 16.5. The Bertz CT molecular complexity index is 1520. The summed E-state index contributed by atoms with van der Waals surface area (Å²) in [6.45, 7) is 8.84. The first-order chi connectivity index (χ1) is 22.2. The smallest absolute Gasteiger partial charge is 0.227 e. The van der Waals surface area contributed by atoms with Gasteiger partial charge < -0.3 is 20.1 Å². The molecule has 240 valence electrons. The SMILES string of the molecule is Cc1ccc(OCCC(=O)Nc2ccc(C3(c4ccc(NC(=O)CCOc5ccc(C)cc5)c(C)c4)CCCCC3)cc2C)cc1. The second-order valence-corrected chi connectivity index (χ2v) is 12.6. The van der Waals surface area contributed by atoms with Gasteiger partial charge >= 0.3 is 0 Å². The van der Waals surface area contributed by atoms with Crippen molar-refractivity contribution in [3.8, 4) is 11.5 Å². The quantitative estimate of drug-likeness (QED) is 0.166. The van der Waals surface area contributed by atoms with Crippen LogP contribution in [-0.4, -0.2) is 25.0 Å². The van der Waals surface area contributed by atoms with Crippen molar-refractivity contribution in [3.63, 3.8) is 0 Å². The van der Waals surface area contributed by atoms with Crippen molar-refractivity contribution in [2.45, 2.75) is 78.1 Å². The van der Waals surface area contributed by atoms with Gasteiger partial charge in [-0.05, 0) is 99.2 Å². The summed E-state index contributed by atoms with van der Waals surface area (Å²) in [5.74, 6) is 1.41. The molecule has 4 aromatic rings. The van der Waals surface area contributed by atoms with Gasteiger partial charge in [0.05, 0.1) is 26.1 Å². The number of nitrogens with one attached hydrogen (secondary N) is 2. The molecule has 6 heteroatoms. The minimum atomic E-state index is -0.109. The Kier molecular flexibility index (Phi) is 10.8. The maximum absolute atomic E-state index is 12.7. The van der Waals surface area contributed by atoms with Gasteiger partial charge in [-0.2, -0.15) is 0 Å². The average molecular weight is 619 g/mol. The van der Waals surface area contributed by atoms with Gasteiger partial charge in [-0.3, -0.25) is 9.59 Å². The predicted octanol–water partition coefficient (Wildman–Crippen LogP) is 8.99. The van der Waals surface area contributed by atoms with E-state index >= 15 is 0 Å². The summed E-state index contributed by atoms with van der Waals surface area (Å²) in [4.78, 5) is 25.5. The van der Waals surface area contributed by atoms with Gasteiger partial charge in [-0.15, -0.1) is 0 Å². The molecule has 0 saturated heterocycles. The third-order valence-corrected chi connectivity index (χ3v) is 9.05. The molecule has 4 aromatic carbocycles. The molecule has 6 nitrogen and oxygen atoms in total. The molecule has 0 heterocycles. The van der Waals surface area contributed by atoms with Crippen LogP contribution in [0, 0.1) is 27.7 Å². The number of anilines is 2. The molecule has 0 atom stereocenters. The molecule has 1 aliphatic carbocycles. The number of aryl methyl sites for hydroxylation is 4. The van der Waals surface area contributed by atoms with Gasteiger partial charge in [0.1, 0.15) is 11.5 Å². The van der Waals surface area contributed by atoms with Crippen molar-refractivity contribution in [3.05, 3.63) is 118 Å². The molecule has 0 spiro atoms. The summed E-state index contributed by atoms with van der Waals surface area (Å²) in [6.07, 6.45) is 6.25. The van der Waals surface area contributed by atoms with E-state index in [1.165, 1.54) is 28.7 Å².